The van der Waals surface area contributed by atoms with Crippen molar-refractivity contribution in [2.45, 2.75) is 26.7 Å². The molecule has 0 aliphatic heterocycles. The number of hydrogen-bond donors (Lipinski definition) is 0. The molecule has 0 bridgehead atoms. The van der Waals surface area contributed by atoms with E-state index in [1.165, 1.54) is 17.2 Å². The maximum Gasteiger partial charge on any atom is 0.335 e. The van der Waals surface area contributed by atoms with E-state index in [1.54, 1.807) is 24.3 Å². The molecule has 1 heterocycles. The maximum atomic E-state index is 13.0. The van der Waals surface area contributed by atoms with Gasteiger partial charge in [0.25, 0.3) is 6.43 Å². The van der Waals surface area contributed by atoms with Crippen LogP contribution in [0.2, 0.25) is 5.02 Å². The first kappa shape index (κ1) is 22.7. The summed E-state index contributed by atoms with van der Waals surface area (Å²) < 4.78 is 44.0. The van der Waals surface area contributed by atoms with Crippen molar-refractivity contribution in [3.8, 4) is 16.9 Å². The molecule has 27 heavy (non-hydrogen) atoms. The molecule has 3 rings (SSSR count). The lowest BCUT2D eigenvalue weighted by Crippen LogP contribution is -1.99. The first-order valence-corrected chi connectivity index (χ1v) is 9.14. The summed E-state index contributed by atoms with van der Waals surface area (Å²) in [6.45, 7) is 4.25. The van der Waals surface area contributed by atoms with Crippen LogP contribution in [-0.2, 0) is 11.6 Å². The first-order chi connectivity index (χ1) is 13.0. The average molecular weight is 413 g/mol. The molecule has 0 saturated carbocycles. The molecule has 2 aromatic carbocycles. The molecular weight excluding hydrogens is 394 g/mol. The Balaban J connectivity index is 0.000000540. The van der Waals surface area contributed by atoms with Crippen LogP contribution in [0.4, 0.5) is 8.78 Å². The van der Waals surface area contributed by atoms with E-state index in [2.05, 4.69) is 18.9 Å². The molecule has 3 aromatic rings. The van der Waals surface area contributed by atoms with E-state index in [-0.39, 0.29) is 5.69 Å². The molecule has 0 fully saturated rings. The van der Waals surface area contributed by atoms with E-state index in [0.29, 0.717) is 10.7 Å². The van der Waals surface area contributed by atoms with Crippen LogP contribution in [0.15, 0.2) is 60.7 Å². The summed E-state index contributed by atoms with van der Waals surface area (Å²) in [5.74, 6) is 0. The Morgan fingerprint density at radius 2 is 1.56 bits per heavy atom. The molecule has 0 amide bonds. The van der Waals surface area contributed by atoms with Crippen molar-refractivity contribution in [1.29, 1.82) is 0 Å². The fourth-order valence-corrected chi connectivity index (χ4v) is 2.22. The summed E-state index contributed by atoms with van der Waals surface area (Å²) in [6, 6.07) is 17.6. The van der Waals surface area contributed by atoms with Gasteiger partial charge in [-0.2, -0.15) is 13.5 Å². The predicted molar refractivity (Wildman–Crippen MR) is 104 cm³/mol. The third-order valence-electron chi connectivity index (χ3n) is 3.09. The van der Waals surface area contributed by atoms with Crippen LogP contribution in [0.5, 0.6) is 0 Å². The number of alkyl halides is 2. The lowest BCUT2D eigenvalue weighted by molar-refractivity contribution is 0.145. The predicted octanol–water partition coefficient (Wildman–Crippen LogP) is 5.88. The van der Waals surface area contributed by atoms with Crippen LogP contribution >= 0.6 is 11.6 Å². The van der Waals surface area contributed by atoms with Crippen LogP contribution in [0.25, 0.3) is 16.9 Å². The second-order valence-electron chi connectivity index (χ2n) is 5.28. The number of rotatable bonds is 3. The van der Waals surface area contributed by atoms with Crippen molar-refractivity contribution in [3.63, 3.8) is 0 Å². The molecule has 0 saturated heterocycles. The van der Waals surface area contributed by atoms with E-state index in [1.807, 2.05) is 30.3 Å². The minimum atomic E-state index is -2.61. The fourth-order valence-electron chi connectivity index (χ4n) is 2.10. The monoisotopic (exact) mass is 412 g/mol. The van der Waals surface area contributed by atoms with Crippen molar-refractivity contribution in [2.75, 3.05) is 0 Å². The Hall–Kier alpha value is -2.38. The molecule has 0 unspecified atom stereocenters. The Kier molecular flexibility index (Phi) is 10.1. The van der Waals surface area contributed by atoms with Gasteiger partial charge in [-0.25, -0.2) is 13.5 Å². The van der Waals surface area contributed by atoms with Crippen molar-refractivity contribution in [3.05, 3.63) is 71.4 Å². The highest BCUT2D eigenvalue weighted by molar-refractivity contribution is 7.51. The zero-order valence-corrected chi connectivity index (χ0v) is 16.4. The van der Waals surface area contributed by atoms with Crippen LogP contribution in [0, 0.1) is 0 Å². The smallest absolute Gasteiger partial charge is 0.233 e. The second kappa shape index (κ2) is 12.1. The fraction of sp³-hybridized carbons (Fsp3) is 0.211. The quantitative estimate of drug-likeness (QED) is 0.540. The van der Waals surface area contributed by atoms with Gasteiger partial charge in [0.2, 0.25) is 0 Å². The molecule has 0 aliphatic rings. The van der Waals surface area contributed by atoms with Gasteiger partial charge in [0.15, 0.2) is 0 Å². The summed E-state index contributed by atoms with van der Waals surface area (Å²) in [6.07, 6.45) is -1.36. The summed E-state index contributed by atoms with van der Waals surface area (Å²) >= 11 is 5.12. The van der Waals surface area contributed by atoms with Gasteiger partial charge < -0.3 is 0 Å². The molecule has 0 radical (unpaired) electrons. The van der Waals surface area contributed by atoms with Gasteiger partial charge in [-0.3, -0.25) is 0 Å². The Morgan fingerprint density at radius 1 is 1.04 bits per heavy atom. The third-order valence-corrected chi connectivity index (χ3v) is 3.34. The zero-order chi connectivity index (χ0) is 20.2. The van der Waals surface area contributed by atoms with Crippen molar-refractivity contribution < 1.29 is 17.2 Å². The zero-order valence-electron chi connectivity index (χ0n) is 14.8. The van der Waals surface area contributed by atoms with Crippen LogP contribution in [0.3, 0.4) is 0 Å². The van der Waals surface area contributed by atoms with Gasteiger partial charge in [-0.15, -0.1) is 0 Å². The van der Waals surface area contributed by atoms with Crippen molar-refractivity contribution >= 4 is 23.2 Å². The van der Waals surface area contributed by atoms with Crippen molar-refractivity contribution in [2.24, 2.45) is 0 Å². The summed E-state index contributed by atoms with van der Waals surface area (Å²) in [5, 5.41) is 4.61. The van der Waals surface area contributed by atoms with Gasteiger partial charge in [-0.1, -0.05) is 62.2 Å². The molecule has 1 aromatic heterocycles. The number of hydrogen-bond acceptors (Lipinski definition) is 3. The molecular formula is C19H19ClF2N2O2S. The number of nitrogens with zero attached hydrogens (tertiary/aromatic N) is 2. The van der Waals surface area contributed by atoms with Crippen LogP contribution in [0.1, 0.15) is 32.4 Å². The highest BCUT2D eigenvalue weighted by atomic mass is 35.5. The lowest BCUT2D eigenvalue weighted by Gasteiger charge is -2.07. The Bertz CT molecular complexity index is 850. The van der Waals surface area contributed by atoms with E-state index < -0.39 is 18.0 Å². The van der Waals surface area contributed by atoms with E-state index in [4.69, 9.17) is 20.0 Å². The van der Waals surface area contributed by atoms with E-state index in [0.717, 1.165) is 11.3 Å². The second-order valence-corrected chi connectivity index (χ2v) is 5.86. The summed E-state index contributed by atoms with van der Waals surface area (Å²) in [5.41, 5.74) is 1.87. The summed E-state index contributed by atoms with van der Waals surface area (Å²) in [7, 11) is 0. The average Bonchev–Trinajstić information content (AvgIpc) is 3.10. The van der Waals surface area contributed by atoms with Gasteiger partial charge in [0.1, 0.15) is 5.69 Å². The number of para-hydroxylation sites is 1. The van der Waals surface area contributed by atoms with Crippen LogP contribution < -0.4 is 0 Å². The lowest BCUT2D eigenvalue weighted by atomic mass is 10.1. The van der Waals surface area contributed by atoms with E-state index in [9.17, 15) is 8.78 Å². The number of benzene rings is 2. The van der Waals surface area contributed by atoms with Gasteiger partial charge in [-0.05, 0) is 30.3 Å². The molecule has 0 spiro atoms. The van der Waals surface area contributed by atoms with Gasteiger partial charge >= 0.3 is 11.6 Å². The molecule has 8 heteroatoms. The topological polar surface area (TPSA) is 52.0 Å². The molecule has 4 nitrogen and oxygen atoms in total. The maximum absolute atomic E-state index is 13.0. The summed E-state index contributed by atoms with van der Waals surface area (Å²) in [4.78, 5) is 0. The molecule has 0 N–H and O–H groups in total. The minimum Gasteiger partial charge on any atom is -0.233 e. The molecule has 144 valence electrons. The SMILES string of the molecule is CCC.FC(F)c1cc(-c2ccc(Cl)cc2)n(-c2ccccc2)n1.O=S=O. The molecule has 0 atom stereocenters. The standard InChI is InChI=1S/C16H11ClF2N2.C3H8.O2S/c17-12-8-6-11(7-9-12)15-10-14(16(18)19)20-21(15)13-4-2-1-3-5-13;2*1-3-2/h1-10,16H;3H2,1-2H3;. The van der Waals surface area contributed by atoms with Crippen LogP contribution in [-0.4, -0.2) is 18.2 Å². The van der Waals surface area contributed by atoms with E-state index >= 15 is 0 Å². The third kappa shape index (κ3) is 7.03. The normalized spacial score (nSPS) is 9.70. The highest BCUT2D eigenvalue weighted by Gasteiger charge is 2.17. The minimum absolute atomic E-state index is 0.246. The van der Waals surface area contributed by atoms with Gasteiger partial charge in [0, 0.05) is 10.6 Å². The Labute approximate surface area is 165 Å². The first-order valence-electron chi connectivity index (χ1n) is 8.09. The largest absolute Gasteiger partial charge is 0.335 e. The highest BCUT2D eigenvalue weighted by Crippen LogP contribution is 2.28. The molecule has 0 aliphatic carbocycles. The van der Waals surface area contributed by atoms with Crippen molar-refractivity contribution in [1.82, 2.24) is 9.78 Å². The Morgan fingerprint density at radius 3 is 2.04 bits per heavy atom. The number of aromatic nitrogens is 2. The van der Waals surface area contributed by atoms with Gasteiger partial charge in [0.05, 0.1) is 11.4 Å². The number of halogens is 3.